The summed E-state index contributed by atoms with van der Waals surface area (Å²) < 4.78 is 16.8. The second kappa shape index (κ2) is 9.20. The first-order valence-corrected chi connectivity index (χ1v) is 8.95. The van der Waals surface area contributed by atoms with Gasteiger partial charge in [0.25, 0.3) is 5.91 Å². The number of hydrogen-bond donors (Lipinski definition) is 1. The molecule has 1 aromatic heterocycles. The van der Waals surface area contributed by atoms with E-state index >= 15 is 0 Å². The minimum atomic E-state index is -0.168. The van der Waals surface area contributed by atoms with Crippen molar-refractivity contribution in [3.05, 3.63) is 53.7 Å². The fraction of sp³-hybridized carbons (Fsp3) is 0.400. The first kappa shape index (κ1) is 18.2. The Morgan fingerprint density at radius 2 is 2.23 bits per heavy atom. The normalized spacial score (nSPS) is 16.3. The van der Waals surface area contributed by atoms with Crippen LogP contribution >= 0.6 is 0 Å². The second-order valence-corrected chi connectivity index (χ2v) is 6.06. The van der Waals surface area contributed by atoms with Gasteiger partial charge in [0.05, 0.1) is 12.7 Å². The van der Waals surface area contributed by atoms with E-state index in [1.54, 1.807) is 18.3 Å². The summed E-state index contributed by atoms with van der Waals surface area (Å²) in [5.74, 6) is 1.05. The number of benzene rings is 1. The maximum absolute atomic E-state index is 12.4. The van der Waals surface area contributed by atoms with E-state index in [0.717, 1.165) is 25.0 Å². The largest absolute Gasteiger partial charge is 0.491 e. The summed E-state index contributed by atoms with van der Waals surface area (Å²) in [5, 5.41) is 2.90. The van der Waals surface area contributed by atoms with E-state index < -0.39 is 0 Å². The third-order valence-electron chi connectivity index (χ3n) is 4.13. The number of nitrogens with one attached hydrogen (secondary N) is 1. The van der Waals surface area contributed by atoms with Gasteiger partial charge in [-0.1, -0.05) is 12.1 Å². The molecule has 6 nitrogen and oxygen atoms in total. The summed E-state index contributed by atoms with van der Waals surface area (Å²) in [6.45, 7) is 4.09. The van der Waals surface area contributed by atoms with Crippen LogP contribution in [0.3, 0.4) is 0 Å². The Bertz CT molecular complexity index is 729. The zero-order chi connectivity index (χ0) is 18.2. The maximum atomic E-state index is 12.4. The van der Waals surface area contributed by atoms with Gasteiger partial charge in [-0.15, -0.1) is 0 Å². The minimum Gasteiger partial charge on any atom is -0.491 e. The van der Waals surface area contributed by atoms with Crippen molar-refractivity contribution in [3.63, 3.8) is 0 Å². The van der Waals surface area contributed by atoms with Crippen molar-refractivity contribution in [3.8, 4) is 11.6 Å². The Hall–Kier alpha value is -2.60. The second-order valence-electron chi connectivity index (χ2n) is 6.06. The van der Waals surface area contributed by atoms with Gasteiger partial charge in [0, 0.05) is 30.5 Å². The molecular formula is C20H24N2O4. The molecule has 2 heterocycles. The van der Waals surface area contributed by atoms with Crippen molar-refractivity contribution >= 4 is 5.91 Å². The number of ether oxygens (including phenoxy) is 3. The van der Waals surface area contributed by atoms with Crippen LogP contribution in [-0.4, -0.2) is 36.8 Å². The number of pyridine rings is 1. The molecule has 26 heavy (non-hydrogen) atoms. The average Bonchev–Trinajstić information content (AvgIpc) is 3.19. The molecule has 0 bridgehead atoms. The van der Waals surface area contributed by atoms with Crippen LogP contribution in [0.1, 0.15) is 35.7 Å². The van der Waals surface area contributed by atoms with Crippen LogP contribution in [0.15, 0.2) is 42.6 Å². The predicted octanol–water partition coefficient (Wildman–Crippen LogP) is 2.97. The lowest BCUT2D eigenvalue weighted by molar-refractivity contribution is 0.0679. The molecule has 6 heteroatoms. The number of rotatable bonds is 8. The Morgan fingerprint density at radius 3 is 3.04 bits per heavy atom. The van der Waals surface area contributed by atoms with E-state index in [2.05, 4.69) is 10.3 Å². The quantitative estimate of drug-likeness (QED) is 0.787. The smallest absolute Gasteiger partial charge is 0.251 e. The van der Waals surface area contributed by atoms with Crippen molar-refractivity contribution in [1.82, 2.24) is 10.3 Å². The van der Waals surface area contributed by atoms with E-state index in [1.807, 2.05) is 31.2 Å². The summed E-state index contributed by atoms with van der Waals surface area (Å²) in [7, 11) is 0. The van der Waals surface area contributed by atoms with Crippen LogP contribution in [0.2, 0.25) is 0 Å². The summed E-state index contributed by atoms with van der Waals surface area (Å²) in [6, 6.07) is 10.9. The van der Waals surface area contributed by atoms with E-state index in [1.165, 1.54) is 0 Å². The lowest BCUT2D eigenvalue weighted by Crippen LogP contribution is -2.23. The molecule has 1 atom stereocenters. The Kier molecular flexibility index (Phi) is 6.44. The molecule has 1 fully saturated rings. The van der Waals surface area contributed by atoms with E-state index in [9.17, 15) is 4.79 Å². The highest BCUT2D eigenvalue weighted by molar-refractivity contribution is 5.94. The van der Waals surface area contributed by atoms with Crippen molar-refractivity contribution in [2.75, 3.05) is 19.8 Å². The van der Waals surface area contributed by atoms with Crippen LogP contribution in [-0.2, 0) is 11.3 Å². The summed E-state index contributed by atoms with van der Waals surface area (Å²) in [4.78, 5) is 16.6. The monoisotopic (exact) mass is 356 g/mol. The van der Waals surface area contributed by atoms with Gasteiger partial charge < -0.3 is 19.5 Å². The highest BCUT2D eigenvalue weighted by Crippen LogP contribution is 2.18. The Labute approximate surface area is 153 Å². The zero-order valence-corrected chi connectivity index (χ0v) is 14.9. The summed E-state index contributed by atoms with van der Waals surface area (Å²) in [5.41, 5.74) is 1.39. The Morgan fingerprint density at radius 1 is 1.31 bits per heavy atom. The molecule has 0 aliphatic carbocycles. The zero-order valence-electron chi connectivity index (χ0n) is 14.9. The van der Waals surface area contributed by atoms with Gasteiger partial charge in [0.2, 0.25) is 5.88 Å². The third kappa shape index (κ3) is 4.95. The number of carbonyl (C=O) groups is 1. The molecule has 1 unspecified atom stereocenters. The Balaban J connectivity index is 1.56. The van der Waals surface area contributed by atoms with Crippen LogP contribution in [0.5, 0.6) is 11.6 Å². The number of amides is 1. The summed E-state index contributed by atoms with van der Waals surface area (Å²) >= 11 is 0. The van der Waals surface area contributed by atoms with E-state index in [-0.39, 0.29) is 12.0 Å². The predicted molar refractivity (Wildman–Crippen MR) is 97.5 cm³/mol. The number of carbonyl (C=O) groups excluding carboxylic acids is 1. The highest BCUT2D eigenvalue weighted by Gasteiger charge is 2.16. The first-order chi connectivity index (χ1) is 12.8. The van der Waals surface area contributed by atoms with Gasteiger partial charge in [-0.3, -0.25) is 4.79 Å². The molecule has 1 aliphatic heterocycles. The maximum Gasteiger partial charge on any atom is 0.251 e. The van der Waals surface area contributed by atoms with Gasteiger partial charge in [-0.2, -0.15) is 0 Å². The number of nitrogens with zero attached hydrogens (tertiary/aromatic N) is 1. The van der Waals surface area contributed by atoms with E-state index in [0.29, 0.717) is 37.0 Å². The SMILES string of the molecule is CCOc1ncccc1CNC(=O)c1cccc(OCC2CCCO2)c1. The average molecular weight is 356 g/mol. The molecule has 3 rings (SSSR count). The molecule has 1 aliphatic rings. The molecule has 0 spiro atoms. The molecule has 0 radical (unpaired) electrons. The van der Waals surface area contributed by atoms with Gasteiger partial charge in [0.1, 0.15) is 12.4 Å². The first-order valence-electron chi connectivity index (χ1n) is 8.95. The fourth-order valence-electron chi connectivity index (χ4n) is 2.79. The third-order valence-corrected chi connectivity index (χ3v) is 4.13. The molecule has 1 aromatic carbocycles. The topological polar surface area (TPSA) is 69.7 Å². The highest BCUT2D eigenvalue weighted by atomic mass is 16.5. The van der Waals surface area contributed by atoms with Crippen molar-refractivity contribution in [2.24, 2.45) is 0 Å². The van der Waals surface area contributed by atoms with E-state index in [4.69, 9.17) is 14.2 Å². The van der Waals surface area contributed by atoms with Crippen molar-refractivity contribution in [2.45, 2.75) is 32.4 Å². The van der Waals surface area contributed by atoms with Crippen molar-refractivity contribution in [1.29, 1.82) is 0 Å². The van der Waals surface area contributed by atoms with Crippen molar-refractivity contribution < 1.29 is 19.0 Å². The molecule has 1 amide bonds. The van der Waals surface area contributed by atoms with Gasteiger partial charge in [0.15, 0.2) is 0 Å². The molecule has 2 aromatic rings. The minimum absolute atomic E-state index is 0.148. The molecule has 138 valence electrons. The lowest BCUT2D eigenvalue weighted by atomic mass is 10.2. The lowest BCUT2D eigenvalue weighted by Gasteiger charge is -2.13. The molecule has 1 saturated heterocycles. The van der Waals surface area contributed by atoms with Crippen LogP contribution < -0.4 is 14.8 Å². The number of hydrogen-bond acceptors (Lipinski definition) is 5. The molecule has 1 N–H and O–H groups in total. The van der Waals surface area contributed by atoms with Crippen LogP contribution in [0.4, 0.5) is 0 Å². The van der Waals surface area contributed by atoms with Gasteiger partial charge in [-0.05, 0) is 44.0 Å². The standard InChI is InChI=1S/C20H24N2O4/c1-2-24-20-16(7-4-10-21-20)13-22-19(23)15-6-3-8-17(12-15)26-14-18-9-5-11-25-18/h3-4,6-8,10,12,18H,2,5,9,11,13-14H2,1H3,(H,22,23). The number of aromatic nitrogens is 1. The summed E-state index contributed by atoms with van der Waals surface area (Å²) in [6.07, 6.45) is 3.92. The molecular weight excluding hydrogens is 332 g/mol. The van der Waals surface area contributed by atoms with Crippen LogP contribution in [0, 0.1) is 0 Å². The molecule has 0 saturated carbocycles. The fourth-order valence-corrected chi connectivity index (χ4v) is 2.79. The van der Waals surface area contributed by atoms with Gasteiger partial charge >= 0.3 is 0 Å². The van der Waals surface area contributed by atoms with Gasteiger partial charge in [-0.25, -0.2) is 4.98 Å². The van der Waals surface area contributed by atoms with Crippen LogP contribution in [0.25, 0.3) is 0 Å².